The number of rotatable bonds is 1. The predicted octanol–water partition coefficient (Wildman–Crippen LogP) is 1.00. The third-order valence-corrected chi connectivity index (χ3v) is 1.33. The Bertz CT molecular complexity index is 231. The van der Waals surface area contributed by atoms with E-state index in [2.05, 4.69) is 17.6 Å². The second-order valence-electron chi connectivity index (χ2n) is 1.55. The van der Waals surface area contributed by atoms with Gasteiger partial charge in [-0.2, -0.15) is 0 Å². The van der Waals surface area contributed by atoms with Crippen molar-refractivity contribution < 1.29 is 9.90 Å². The molecule has 0 atom stereocenters. The largest absolute Gasteiger partial charge is 0.478 e. The van der Waals surface area contributed by atoms with Crippen LogP contribution in [-0.2, 0) is 0 Å². The Hall–Kier alpha value is -0.900. The van der Waals surface area contributed by atoms with Crippen LogP contribution < -0.4 is 0 Å². The average Bonchev–Trinajstić information content (AvgIpc) is 2.13. The Morgan fingerprint density at radius 2 is 2.44 bits per heavy atom. The summed E-state index contributed by atoms with van der Waals surface area (Å²) < 4.78 is 0. The lowest BCUT2D eigenvalue weighted by atomic mass is 10.3. The lowest BCUT2D eigenvalue weighted by Crippen LogP contribution is -1.93. The molecule has 4 heteroatoms. The highest BCUT2D eigenvalue weighted by atomic mass is 32.1. The Morgan fingerprint density at radius 1 is 1.78 bits per heavy atom. The van der Waals surface area contributed by atoms with E-state index >= 15 is 0 Å². The highest BCUT2D eigenvalue weighted by molar-refractivity contribution is 7.80. The van der Waals surface area contributed by atoms with Crippen LogP contribution in [0.25, 0.3) is 0 Å². The molecular formula is C5H5NO2S. The molecule has 0 aliphatic heterocycles. The maximum Gasteiger partial charge on any atom is 0.338 e. The van der Waals surface area contributed by atoms with E-state index in [4.69, 9.17) is 5.11 Å². The first-order chi connectivity index (χ1) is 4.22. The molecule has 0 aliphatic carbocycles. The third-order valence-electron chi connectivity index (χ3n) is 0.956. The SMILES string of the molecule is O=C(O)c1cc[nH]c1S. The minimum Gasteiger partial charge on any atom is -0.478 e. The van der Waals surface area contributed by atoms with Gasteiger partial charge in [-0.25, -0.2) is 4.79 Å². The number of hydrogen-bond acceptors (Lipinski definition) is 2. The molecule has 1 rings (SSSR count). The van der Waals surface area contributed by atoms with Crippen LogP contribution in [0.5, 0.6) is 0 Å². The summed E-state index contributed by atoms with van der Waals surface area (Å²) in [5, 5.41) is 8.78. The second kappa shape index (κ2) is 2.14. The number of H-pyrrole nitrogens is 1. The van der Waals surface area contributed by atoms with Crippen molar-refractivity contribution >= 4 is 18.6 Å². The molecule has 0 aliphatic rings. The molecule has 9 heavy (non-hydrogen) atoms. The monoisotopic (exact) mass is 143 g/mol. The van der Waals surface area contributed by atoms with Crippen LogP contribution in [-0.4, -0.2) is 16.1 Å². The minimum absolute atomic E-state index is 0.207. The molecule has 0 fully saturated rings. The van der Waals surface area contributed by atoms with Crippen LogP contribution >= 0.6 is 12.6 Å². The molecule has 48 valence electrons. The topological polar surface area (TPSA) is 53.1 Å². The lowest BCUT2D eigenvalue weighted by Gasteiger charge is -1.86. The predicted molar refractivity (Wildman–Crippen MR) is 35.0 cm³/mol. The van der Waals surface area contributed by atoms with Gasteiger partial charge in [0, 0.05) is 6.20 Å². The summed E-state index contributed by atoms with van der Waals surface area (Å²) in [4.78, 5) is 12.8. The first kappa shape index (κ1) is 6.22. The van der Waals surface area contributed by atoms with Gasteiger partial charge in [0.15, 0.2) is 0 Å². The summed E-state index contributed by atoms with van der Waals surface area (Å²) in [7, 11) is 0. The standard InChI is InChI=1S/C5H5NO2S/c7-5(8)3-1-2-6-4(3)9/h1-2,6,9H,(H,7,8). The Balaban J connectivity index is 3.08. The van der Waals surface area contributed by atoms with Crippen LogP contribution in [0.4, 0.5) is 0 Å². The lowest BCUT2D eigenvalue weighted by molar-refractivity contribution is 0.0693. The molecule has 0 amide bonds. The number of aromatic amines is 1. The Labute approximate surface area is 57.1 Å². The van der Waals surface area contributed by atoms with Gasteiger partial charge in [0.2, 0.25) is 0 Å². The van der Waals surface area contributed by atoms with E-state index in [1.807, 2.05) is 0 Å². The number of carboxylic acids is 1. The van der Waals surface area contributed by atoms with Crippen molar-refractivity contribution in [1.29, 1.82) is 0 Å². The van der Waals surface area contributed by atoms with Crippen LogP contribution in [0, 0.1) is 0 Å². The van der Waals surface area contributed by atoms with E-state index in [0.29, 0.717) is 5.03 Å². The zero-order chi connectivity index (χ0) is 6.85. The van der Waals surface area contributed by atoms with E-state index in [1.165, 1.54) is 12.3 Å². The normalized spacial score (nSPS) is 9.44. The van der Waals surface area contributed by atoms with Gasteiger partial charge in [0.05, 0.1) is 10.6 Å². The molecule has 0 unspecified atom stereocenters. The fourth-order valence-corrected chi connectivity index (χ4v) is 0.778. The molecular weight excluding hydrogens is 138 g/mol. The van der Waals surface area contributed by atoms with Gasteiger partial charge in [-0.1, -0.05) is 0 Å². The van der Waals surface area contributed by atoms with Crippen LogP contribution in [0.3, 0.4) is 0 Å². The molecule has 0 saturated heterocycles. The van der Waals surface area contributed by atoms with Crippen LogP contribution in [0.15, 0.2) is 17.3 Å². The molecule has 0 radical (unpaired) electrons. The molecule has 1 aromatic rings. The highest BCUT2D eigenvalue weighted by Crippen LogP contribution is 2.09. The second-order valence-corrected chi connectivity index (χ2v) is 1.99. The van der Waals surface area contributed by atoms with Crippen molar-refractivity contribution in [3.8, 4) is 0 Å². The number of hydrogen-bond donors (Lipinski definition) is 3. The quantitative estimate of drug-likeness (QED) is 0.514. The molecule has 2 N–H and O–H groups in total. The van der Waals surface area contributed by atoms with Gasteiger partial charge < -0.3 is 10.1 Å². The summed E-state index contributed by atoms with van der Waals surface area (Å²) in [6, 6.07) is 1.46. The third kappa shape index (κ3) is 1.08. The van der Waals surface area contributed by atoms with Crippen molar-refractivity contribution in [2.45, 2.75) is 5.03 Å². The van der Waals surface area contributed by atoms with E-state index in [9.17, 15) is 4.79 Å². The summed E-state index contributed by atoms with van der Waals surface area (Å²) in [5.74, 6) is -0.957. The van der Waals surface area contributed by atoms with Gasteiger partial charge >= 0.3 is 5.97 Å². The fraction of sp³-hybridized carbons (Fsp3) is 0. The van der Waals surface area contributed by atoms with Gasteiger partial charge in [-0.15, -0.1) is 12.6 Å². The van der Waals surface area contributed by atoms with Gasteiger partial charge in [-0.05, 0) is 6.07 Å². The van der Waals surface area contributed by atoms with Crippen molar-refractivity contribution in [3.63, 3.8) is 0 Å². The van der Waals surface area contributed by atoms with E-state index in [-0.39, 0.29) is 5.56 Å². The average molecular weight is 143 g/mol. The Morgan fingerprint density at radius 3 is 2.67 bits per heavy atom. The van der Waals surface area contributed by atoms with Gasteiger partial charge in [-0.3, -0.25) is 0 Å². The van der Waals surface area contributed by atoms with Crippen molar-refractivity contribution in [3.05, 3.63) is 17.8 Å². The molecule has 1 aromatic heterocycles. The smallest absolute Gasteiger partial charge is 0.338 e. The molecule has 0 saturated carbocycles. The summed E-state index contributed by atoms with van der Waals surface area (Å²) in [6.45, 7) is 0. The summed E-state index contributed by atoms with van der Waals surface area (Å²) >= 11 is 3.85. The molecule has 0 spiro atoms. The number of carboxylic acid groups (broad SMARTS) is 1. The van der Waals surface area contributed by atoms with Crippen LogP contribution in [0.1, 0.15) is 10.4 Å². The maximum atomic E-state index is 10.2. The zero-order valence-electron chi connectivity index (χ0n) is 4.46. The fourth-order valence-electron chi connectivity index (χ4n) is 0.533. The van der Waals surface area contributed by atoms with Crippen LogP contribution in [0.2, 0.25) is 0 Å². The molecule has 0 bridgehead atoms. The zero-order valence-corrected chi connectivity index (χ0v) is 5.35. The summed E-state index contributed by atoms with van der Waals surface area (Å²) in [6.07, 6.45) is 1.53. The highest BCUT2D eigenvalue weighted by Gasteiger charge is 2.05. The minimum atomic E-state index is -0.957. The number of carbonyl (C=O) groups is 1. The van der Waals surface area contributed by atoms with Crippen molar-refractivity contribution in [2.24, 2.45) is 0 Å². The molecule has 1 heterocycles. The number of thiol groups is 1. The number of aromatic carboxylic acids is 1. The van der Waals surface area contributed by atoms with Gasteiger partial charge in [0.25, 0.3) is 0 Å². The maximum absolute atomic E-state index is 10.2. The number of nitrogens with one attached hydrogen (secondary N) is 1. The van der Waals surface area contributed by atoms with Crippen molar-refractivity contribution in [2.75, 3.05) is 0 Å². The first-order valence-corrected chi connectivity index (χ1v) is 2.76. The van der Waals surface area contributed by atoms with Crippen molar-refractivity contribution in [1.82, 2.24) is 4.98 Å². The van der Waals surface area contributed by atoms with Gasteiger partial charge in [0.1, 0.15) is 0 Å². The van der Waals surface area contributed by atoms with E-state index in [1.54, 1.807) is 0 Å². The molecule has 0 aromatic carbocycles. The number of aromatic nitrogens is 1. The Kier molecular flexibility index (Phi) is 1.48. The first-order valence-electron chi connectivity index (χ1n) is 2.31. The summed E-state index contributed by atoms with van der Waals surface area (Å²) in [5.41, 5.74) is 0.207. The molecule has 3 nitrogen and oxygen atoms in total. The van der Waals surface area contributed by atoms with E-state index in [0.717, 1.165) is 0 Å². The van der Waals surface area contributed by atoms with E-state index < -0.39 is 5.97 Å².